The number of rotatable bonds is 7. The fourth-order valence-electron chi connectivity index (χ4n) is 6.26. The van der Waals surface area contributed by atoms with Gasteiger partial charge >= 0.3 is 0 Å². The second-order valence-corrected chi connectivity index (χ2v) is 15.1. The quantitative estimate of drug-likeness (QED) is 0.210. The predicted octanol–water partition coefficient (Wildman–Crippen LogP) is 9.23. The molecule has 1 nitrogen and oxygen atoms in total. The van der Waals surface area contributed by atoms with Gasteiger partial charge in [0.25, 0.3) is 0 Å². The summed E-state index contributed by atoms with van der Waals surface area (Å²) in [4.78, 5) is 0. The van der Waals surface area contributed by atoms with Crippen LogP contribution in [-0.2, 0) is 0 Å². The van der Waals surface area contributed by atoms with Gasteiger partial charge in [-0.25, -0.2) is 13.2 Å². The first kappa shape index (κ1) is 25.8. The van der Waals surface area contributed by atoms with Crippen LogP contribution in [0.25, 0.3) is 0 Å². The topological polar surface area (TPSA) is 3.24 Å². The van der Waals surface area contributed by atoms with Gasteiger partial charge in [0.05, 0.1) is 0 Å². The van der Waals surface area contributed by atoms with E-state index < -0.39 is 16.1 Å². The minimum Gasteiger partial charge on any atom is -0.248 e. The highest BCUT2D eigenvalue weighted by Gasteiger charge is 2.47. The molecule has 2 fully saturated rings. The molecule has 2 atom stereocenters. The Kier molecular flexibility index (Phi) is 7.98. The third-order valence-electron chi connectivity index (χ3n) is 7.97. The summed E-state index contributed by atoms with van der Waals surface area (Å²) in [6, 6.07) is 36.2. The second kappa shape index (κ2) is 11.7. The maximum absolute atomic E-state index is 15.7. The lowest BCUT2D eigenvalue weighted by molar-refractivity contribution is 0.498. The Labute approximate surface area is 227 Å². The molecule has 1 heterocycles. The first-order chi connectivity index (χ1) is 18.7. The monoisotopic (exact) mass is 543 g/mol. The predicted molar refractivity (Wildman–Crippen MR) is 158 cm³/mol. The van der Waals surface area contributed by atoms with Crippen LogP contribution in [0.2, 0.25) is 0 Å². The van der Waals surface area contributed by atoms with Crippen molar-refractivity contribution in [1.82, 2.24) is 4.44 Å². The minimum absolute atomic E-state index is 0.230. The van der Waals surface area contributed by atoms with E-state index in [1.807, 2.05) is 24.3 Å². The maximum Gasteiger partial charge on any atom is 0.132 e. The summed E-state index contributed by atoms with van der Waals surface area (Å²) in [7, 11) is -2.18. The molecule has 1 aliphatic heterocycles. The van der Waals surface area contributed by atoms with Crippen LogP contribution in [0.3, 0.4) is 0 Å². The Hall–Kier alpha value is -2.44. The highest BCUT2D eigenvalue weighted by atomic mass is 31.2. The zero-order chi connectivity index (χ0) is 25.9. The molecular weight excluding hydrogens is 510 g/mol. The molecule has 0 spiro atoms. The van der Waals surface area contributed by atoms with E-state index in [-0.39, 0.29) is 11.6 Å². The molecule has 194 valence electrons. The standard InChI is InChI=1S/C33H33F2NP2/c34-28-19-9-11-21-32(28)38(33-22-12-10-20-29(33)35)36(27-17-7-8-18-27)37-30(25-13-3-1-4-14-25)23-24-31(37)26-15-5-2-6-16-26/h1-6,9-16,19-22,27,30-31H,7-8,17-18,23-24H2/t30-,31-/m0/s1. The lowest BCUT2D eigenvalue weighted by atomic mass is 10.0. The fraction of sp³-hybridized carbons (Fsp3) is 0.273. The molecule has 0 N–H and O–H groups in total. The van der Waals surface area contributed by atoms with Crippen LogP contribution in [0.5, 0.6) is 0 Å². The zero-order valence-electron chi connectivity index (χ0n) is 21.5. The van der Waals surface area contributed by atoms with Crippen molar-refractivity contribution in [1.29, 1.82) is 0 Å². The molecule has 0 bridgehead atoms. The van der Waals surface area contributed by atoms with Gasteiger partial charge in [-0.05, 0) is 69.1 Å². The van der Waals surface area contributed by atoms with Gasteiger partial charge in [0.1, 0.15) is 11.6 Å². The summed E-state index contributed by atoms with van der Waals surface area (Å²) in [6.07, 6.45) is 6.71. The molecule has 1 saturated heterocycles. The Bertz CT molecular complexity index is 1250. The molecule has 2 aliphatic rings. The third kappa shape index (κ3) is 5.10. The van der Waals surface area contributed by atoms with Crippen LogP contribution in [0.15, 0.2) is 109 Å². The Morgan fingerprint density at radius 1 is 0.553 bits per heavy atom. The lowest BCUT2D eigenvalue weighted by Crippen LogP contribution is -2.35. The van der Waals surface area contributed by atoms with Crippen molar-refractivity contribution in [3.63, 3.8) is 0 Å². The Morgan fingerprint density at radius 2 is 0.974 bits per heavy atom. The molecule has 38 heavy (non-hydrogen) atoms. The molecule has 5 heteroatoms. The van der Waals surface area contributed by atoms with Gasteiger partial charge in [0, 0.05) is 36.0 Å². The van der Waals surface area contributed by atoms with Gasteiger partial charge in [-0.2, -0.15) is 0 Å². The van der Waals surface area contributed by atoms with Crippen LogP contribution in [0.1, 0.15) is 61.0 Å². The van der Waals surface area contributed by atoms with Crippen LogP contribution in [0.4, 0.5) is 8.78 Å². The Morgan fingerprint density at radius 3 is 1.42 bits per heavy atom. The number of halogens is 2. The van der Waals surface area contributed by atoms with Gasteiger partial charge in [0.15, 0.2) is 0 Å². The van der Waals surface area contributed by atoms with E-state index in [0.29, 0.717) is 28.0 Å². The van der Waals surface area contributed by atoms with Crippen molar-refractivity contribution in [2.45, 2.75) is 55.9 Å². The molecule has 0 aromatic heterocycles. The first-order valence-electron chi connectivity index (χ1n) is 13.7. The number of hydrogen-bond acceptors (Lipinski definition) is 1. The molecule has 4 aromatic carbocycles. The summed E-state index contributed by atoms with van der Waals surface area (Å²) >= 11 is 0. The van der Waals surface area contributed by atoms with Gasteiger partial charge in [-0.15, -0.1) is 0 Å². The fourth-order valence-corrected chi connectivity index (χ4v) is 14.1. The normalized spacial score (nSPS) is 20.5. The van der Waals surface area contributed by atoms with E-state index in [0.717, 1.165) is 25.7 Å². The minimum atomic E-state index is -1.40. The summed E-state index contributed by atoms with van der Waals surface area (Å²) < 4.78 is 34.1. The van der Waals surface area contributed by atoms with E-state index in [9.17, 15) is 0 Å². The van der Waals surface area contributed by atoms with Gasteiger partial charge in [-0.3, -0.25) is 0 Å². The lowest BCUT2D eigenvalue weighted by Gasteiger charge is -2.46. The van der Waals surface area contributed by atoms with Crippen molar-refractivity contribution < 1.29 is 8.78 Å². The third-order valence-corrected chi connectivity index (χ3v) is 14.7. The van der Waals surface area contributed by atoms with E-state index in [4.69, 9.17) is 0 Å². The average molecular weight is 544 g/mol. The second-order valence-electron chi connectivity index (χ2n) is 10.3. The first-order valence-corrected chi connectivity index (χ1v) is 16.4. The molecule has 0 unspecified atom stereocenters. The van der Waals surface area contributed by atoms with Crippen LogP contribution in [0, 0.1) is 11.6 Å². The van der Waals surface area contributed by atoms with Crippen molar-refractivity contribution in [2.75, 3.05) is 0 Å². The highest BCUT2D eigenvalue weighted by Crippen LogP contribution is 2.77. The number of nitrogens with zero attached hydrogens (tertiary/aromatic N) is 1. The van der Waals surface area contributed by atoms with Gasteiger partial charge in [-0.1, -0.05) is 97.8 Å². The molecule has 1 saturated carbocycles. The highest BCUT2D eigenvalue weighted by molar-refractivity contribution is 7.79. The molecule has 6 rings (SSSR count). The van der Waals surface area contributed by atoms with Gasteiger partial charge in [0.2, 0.25) is 0 Å². The smallest absolute Gasteiger partial charge is 0.132 e. The molecular formula is C33H33F2NP2. The van der Waals surface area contributed by atoms with Gasteiger partial charge < -0.3 is 0 Å². The van der Waals surface area contributed by atoms with Crippen molar-refractivity contribution >= 4 is 26.8 Å². The summed E-state index contributed by atoms with van der Waals surface area (Å²) in [6.45, 7) is 0. The summed E-state index contributed by atoms with van der Waals surface area (Å²) in [5.41, 5.74) is 3.44. The maximum atomic E-state index is 15.7. The largest absolute Gasteiger partial charge is 0.248 e. The molecule has 0 radical (unpaired) electrons. The van der Waals surface area contributed by atoms with Crippen molar-refractivity contribution in [3.8, 4) is 0 Å². The molecule has 0 amide bonds. The zero-order valence-corrected chi connectivity index (χ0v) is 23.3. The number of benzene rings is 4. The number of hydrogen-bond donors (Lipinski definition) is 0. The van der Waals surface area contributed by atoms with Crippen molar-refractivity contribution in [2.24, 2.45) is 0 Å². The summed E-state index contributed by atoms with van der Waals surface area (Å²) in [5, 5.41) is 1.29. The summed E-state index contributed by atoms with van der Waals surface area (Å²) in [5.74, 6) is -0.460. The molecule has 4 aromatic rings. The van der Waals surface area contributed by atoms with Crippen molar-refractivity contribution in [3.05, 3.63) is 132 Å². The van der Waals surface area contributed by atoms with E-state index in [1.165, 1.54) is 24.0 Å². The van der Waals surface area contributed by atoms with Crippen LogP contribution >= 0.6 is 16.1 Å². The Balaban J connectivity index is 1.57. The van der Waals surface area contributed by atoms with Crippen LogP contribution < -0.4 is 10.6 Å². The SMILES string of the molecule is Fc1ccccc1P(c1ccccc1F)N(C1CCCC1)P1[C@H](c2ccccc2)CC[C@H]1c1ccccc1. The van der Waals surface area contributed by atoms with E-state index in [2.05, 4.69) is 65.1 Å². The van der Waals surface area contributed by atoms with E-state index >= 15 is 8.78 Å². The molecule has 1 aliphatic carbocycles. The van der Waals surface area contributed by atoms with E-state index in [1.54, 1.807) is 24.3 Å². The average Bonchev–Trinajstić information content (AvgIpc) is 3.65. The van der Waals surface area contributed by atoms with Crippen LogP contribution in [-0.4, -0.2) is 10.5 Å².